The molecular weight excluding hydrogens is 420 g/mol. The number of anilines is 3. The van der Waals surface area contributed by atoms with E-state index < -0.39 is 0 Å². The lowest BCUT2D eigenvalue weighted by Crippen LogP contribution is -2.10. The van der Waals surface area contributed by atoms with Gasteiger partial charge in [0.25, 0.3) is 0 Å². The van der Waals surface area contributed by atoms with Crippen LogP contribution in [-0.4, -0.2) is 9.97 Å². The molecule has 6 rings (SSSR count). The number of hydrogen-bond acceptors (Lipinski definition) is 4. The highest BCUT2D eigenvalue weighted by molar-refractivity contribution is 5.88. The van der Waals surface area contributed by atoms with E-state index in [0.717, 1.165) is 33.5 Å². The van der Waals surface area contributed by atoms with Gasteiger partial charge < -0.3 is 14.3 Å². The summed E-state index contributed by atoms with van der Waals surface area (Å²) in [5.74, 6) is 0.631. The van der Waals surface area contributed by atoms with Gasteiger partial charge in [0.1, 0.15) is 11.4 Å². The third-order valence-corrected chi connectivity index (χ3v) is 5.93. The number of nitrogens with zero attached hydrogens (tertiary/aromatic N) is 2. The van der Waals surface area contributed by atoms with E-state index in [9.17, 15) is 0 Å². The second kappa shape index (κ2) is 8.05. The number of aryl methyl sites for hydroxylation is 1. The lowest BCUT2D eigenvalue weighted by Gasteiger charge is -2.25. The molecule has 4 aromatic carbocycles. The lowest BCUT2D eigenvalue weighted by molar-refractivity contribution is 0.535. The summed E-state index contributed by atoms with van der Waals surface area (Å²) in [5, 5.41) is 9.47. The molecule has 164 valence electrons. The van der Waals surface area contributed by atoms with E-state index in [1.54, 1.807) is 0 Å². The fourth-order valence-electron chi connectivity index (χ4n) is 4.30. The first-order valence-corrected chi connectivity index (χ1v) is 11.2. The van der Waals surface area contributed by atoms with Gasteiger partial charge in [0.15, 0.2) is 0 Å². The summed E-state index contributed by atoms with van der Waals surface area (Å²) < 4.78 is 6.01. The Morgan fingerprint density at radius 1 is 0.765 bits per heavy atom. The maximum Gasteiger partial charge on any atom is 0.223 e. The van der Waals surface area contributed by atoms with E-state index in [2.05, 4.69) is 64.3 Å². The molecule has 0 unspecified atom stereocenters. The van der Waals surface area contributed by atoms with Crippen LogP contribution in [0.4, 0.5) is 17.1 Å². The van der Waals surface area contributed by atoms with Crippen LogP contribution in [-0.2, 0) is 0 Å². The van der Waals surface area contributed by atoms with Gasteiger partial charge in [-0.2, -0.15) is 0 Å². The van der Waals surface area contributed by atoms with Crippen molar-refractivity contribution in [1.82, 2.24) is 9.97 Å². The fourth-order valence-corrected chi connectivity index (χ4v) is 4.30. The van der Waals surface area contributed by atoms with Crippen LogP contribution in [0.25, 0.3) is 33.4 Å². The number of rotatable bonds is 4. The minimum Gasteiger partial charge on any atom is -0.438 e. The molecule has 2 heterocycles. The summed E-state index contributed by atoms with van der Waals surface area (Å²) in [5.41, 5.74) is 7.43. The van der Waals surface area contributed by atoms with Gasteiger partial charge in [-0.25, -0.2) is 4.98 Å². The van der Waals surface area contributed by atoms with Crippen molar-refractivity contribution >= 4 is 39.1 Å². The molecule has 0 bridgehead atoms. The molecule has 0 amide bonds. The minimum absolute atomic E-state index is 0.0746. The topological polar surface area (TPSA) is 68.9 Å². The average Bonchev–Trinajstić information content (AvgIpc) is 3.28. The molecule has 5 heteroatoms. The molecular formula is C29H22N4O. The van der Waals surface area contributed by atoms with Crippen LogP contribution in [0.2, 0.25) is 0 Å². The normalized spacial score (nSPS) is 11.2. The highest BCUT2D eigenvalue weighted by Gasteiger charge is 2.15. The minimum atomic E-state index is 0.0746. The Morgan fingerprint density at radius 2 is 1.53 bits per heavy atom. The van der Waals surface area contributed by atoms with E-state index in [4.69, 9.17) is 9.83 Å². The monoisotopic (exact) mass is 442 g/mol. The van der Waals surface area contributed by atoms with Crippen molar-refractivity contribution in [2.24, 2.45) is 0 Å². The molecule has 0 aliphatic heterocycles. The Bertz CT molecular complexity index is 1670. The van der Waals surface area contributed by atoms with E-state index in [0.29, 0.717) is 17.0 Å². The van der Waals surface area contributed by atoms with Gasteiger partial charge in [0.2, 0.25) is 5.55 Å². The maximum atomic E-state index is 8.56. The summed E-state index contributed by atoms with van der Waals surface area (Å²) in [6.07, 6.45) is 0. The van der Waals surface area contributed by atoms with Crippen LogP contribution >= 0.6 is 0 Å². The average molecular weight is 443 g/mol. The van der Waals surface area contributed by atoms with Crippen molar-refractivity contribution in [3.05, 3.63) is 114 Å². The molecule has 0 aliphatic carbocycles. The maximum absolute atomic E-state index is 8.56. The van der Waals surface area contributed by atoms with Crippen LogP contribution in [0.1, 0.15) is 5.56 Å². The summed E-state index contributed by atoms with van der Waals surface area (Å²) in [4.78, 5) is 10.1. The molecule has 0 radical (unpaired) electrons. The zero-order valence-corrected chi connectivity index (χ0v) is 18.6. The Labute approximate surface area is 196 Å². The Hall–Kier alpha value is -4.64. The number of benzene rings is 4. The second-order valence-corrected chi connectivity index (χ2v) is 8.32. The third kappa shape index (κ3) is 3.53. The van der Waals surface area contributed by atoms with E-state index in [1.807, 2.05) is 60.7 Å². The second-order valence-electron chi connectivity index (χ2n) is 8.32. The van der Waals surface area contributed by atoms with E-state index in [1.165, 1.54) is 5.56 Å². The molecule has 2 aromatic heterocycles. The van der Waals surface area contributed by atoms with E-state index in [-0.39, 0.29) is 5.55 Å². The molecule has 2 N–H and O–H groups in total. The summed E-state index contributed by atoms with van der Waals surface area (Å²) in [6.45, 7) is 2.09. The first-order valence-electron chi connectivity index (χ1n) is 11.2. The highest BCUT2D eigenvalue weighted by atomic mass is 16.3. The standard InChI is InChI=1S/C29H22N4O/c1-19-8-7-11-22(16-19)33(21-9-3-2-4-10-21)23-15-14-20-17-24(28(30)34-27(20)18-23)29-31-25-12-5-6-13-26(25)32-29/h2-18,30H,1H3,(H,31,32). The number of imidazole rings is 1. The zero-order chi connectivity index (χ0) is 23.1. The van der Waals surface area contributed by atoms with Crippen LogP contribution in [0, 0.1) is 12.3 Å². The SMILES string of the molecule is Cc1cccc(N(c2ccccc2)c2ccc3cc(-c4nc5ccccc5[nH]4)c(=N)oc3c2)c1. The van der Waals surface area contributed by atoms with Gasteiger partial charge in [0, 0.05) is 28.5 Å². The Morgan fingerprint density at radius 3 is 2.35 bits per heavy atom. The van der Waals surface area contributed by atoms with Crippen molar-refractivity contribution in [2.45, 2.75) is 6.92 Å². The lowest BCUT2D eigenvalue weighted by atomic mass is 10.1. The summed E-state index contributed by atoms with van der Waals surface area (Å²) in [7, 11) is 0. The van der Waals surface area contributed by atoms with Crippen LogP contribution in [0.3, 0.4) is 0 Å². The van der Waals surface area contributed by atoms with Crippen LogP contribution in [0.15, 0.2) is 108 Å². The first-order chi connectivity index (χ1) is 16.7. The number of H-pyrrole nitrogens is 1. The molecule has 0 atom stereocenters. The molecule has 0 saturated heterocycles. The Kier molecular flexibility index (Phi) is 4.73. The van der Waals surface area contributed by atoms with Crippen LogP contribution < -0.4 is 10.5 Å². The smallest absolute Gasteiger partial charge is 0.223 e. The quantitative estimate of drug-likeness (QED) is 0.302. The fraction of sp³-hybridized carbons (Fsp3) is 0.0345. The van der Waals surface area contributed by atoms with Crippen molar-refractivity contribution in [2.75, 3.05) is 4.90 Å². The number of fused-ring (bicyclic) bond motifs is 2. The highest BCUT2D eigenvalue weighted by Crippen LogP contribution is 2.36. The van der Waals surface area contributed by atoms with Gasteiger partial charge in [-0.05, 0) is 67.1 Å². The molecule has 34 heavy (non-hydrogen) atoms. The van der Waals surface area contributed by atoms with Gasteiger partial charge in [-0.3, -0.25) is 5.41 Å². The number of nitrogens with one attached hydrogen (secondary N) is 2. The number of aromatic nitrogens is 2. The molecule has 0 spiro atoms. The zero-order valence-electron chi connectivity index (χ0n) is 18.6. The van der Waals surface area contributed by atoms with Crippen molar-refractivity contribution in [1.29, 1.82) is 5.41 Å². The predicted octanol–water partition coefficient (Wildman–Crippen LogP) is 7.23. The van der Waals surface area contributed by atoms with Gasteiger partial charge in [-0.15, -0.1) is 0 Å². The largest absolute Gasteiger partial charge is 0.438 e. The van der Waals surface area contributed by atoms with Crippen molar-refractivity contribution in [3.63, 3.8) is 0 Å². The molecule has 0 saturated carbocycles. The van der Waals surface area contributed by atoms with Gasteiger partial charge in [0.05, 0.1) is 16.6 Å². The first kappa shape index (κ1) is 20.0. The van der Waals surface area contributed by atoms with Crippen LogP contribution in [0.5, 0.6) is 0 Å². The molecule has 0 aliphatic rings. The predicted molar refractivity (Wildman–Crippen MR) is 137 cm³/mol. The Balaban J connectivity index is 1.48. The van der Waals surface area contributed by atoms with Gasteiger partial charge >= 0.3 is 0 Å². The molecule has 6 aromatic rings. The summed E-state index contributed by atoms with van der Waals surface area (Å²) >= 11 is 0. The molecule has 0 fully saturated rings. The van der Waals surface area contributed by atoms with Crippen molar-refractivity contribution < 1.29 is 4.42 Å². The van der Waals surface area contributed by atoms with Crippen molar-refractivity contribution in [3.8, 4) is 11.4 Å². The number of para-hydroxylation sites is 3. The molecule has 5 nitrogen and oxygen atoms in total. The third-order valence-electron chi connectivity index (χ3n) is 5.93. The van der Waals surface area contributed by atoms with E-state index >= 15 is 0 Å². The number of hydrogen-bond donors (Lipinski definition) is 2. The van der Waals surface area contributed by atoms with Gasteiger partial charge in [-0.1, -0.05) is 42.5 Å². The summed E-state index contributed by atoms with van der Waals surface area (Å²) in [6, 6.07) is 34.6. The number of aromatic amines is 1.